The lowest BCUT2D eigenvalue weighted by molar-refractivity contribution is 0.0697. The van der Waals surface area contributed by atoms with E-state index >= 15 is 0 Å². The lowest BCUT2D eigenvalue weighted by Gasteiger charge is -1.97. The molecule has 0 aliphatic carbocycles. The molecule has 1 aromatic rings. The van der Waals surface area contributed by atoms with E-state index < -0.39 is 12.6 Å². The molecule has 0 fully saturated rings. The molecular formula is C9H9FO2. The van der Waals surface area contributed by atoms with E-state index in [0.29, 0.717) is 6.42 Å². The van der Waals surface area contributed by atoms with E-state index in [-0.39, 0.29) is 5.56 Å². The molecule has 3 heteroatoms. The maximum absolute atomic E-state index is 11.8. The van der Waals surface area contributed by atoms with Gasteiger partial charge in [-0.15, -0.1) is 0 Å². The number of hydrogen-bond acceptors (Lipinski definition) is 1. The number of hydrogen-bond donors (Lipinski definition) is 1. The molecule has 0 spiro atoms. The molecule has 0 unspecified atom stereocenters. The highest BCUT2D eigenvalue weighted by Crippen LogP contribution is 2.04. The van der Waals surface area contributed by atoms with Crippen LogP contribution in [0.25, 0.3) is 0 Å². The van der Waals surface area contributed by atoms with Crippen LogP contribution in [0.3, 0.4) is 0 Å². The average Bonchev–Trinajstić information content (AvgIpc) is 2.06. The van der Waals surface area contributed by atoms with Crippen LogP contribution in [-0.2, 0) is 6.42 Å². The van der Waals surface area contributed by atoms with Crippen LogP contribution in [0.15, 0.2) is 24.3 Å². The molecule has 0 radical (unpaired) electrons. The summed E-state index contributed by atoms with van der Waals surface area (Å²) in [5, 5.41) is 8.53. The monoisotopic (exact) mass is 168 g/mol. The molecule has 0 aromatic heterocycles. The lowest BCUT2D eigenvalue weighted by atomic mass is 10.1. The van der Waals surface area contributed by atoms with Gasteiger partial charge in [-0.2, -0.15) is 0 Å². The summed E-state index contributed by atoms with van der Waals surface area (Å²) in [5.41, 5.74) is 1.06. The number of benzene rings is 1. The predicted octanol–water partition coefficient (Wildman–Crippen LogP) is 1.90. The normalized spacial score (nSPS) is 9.75. The maximum atomic E-state index is 11.8. The zero-order valence-electron chi connectivity index (χ0n) is 6.46. The van der Waals surface area contributed by atoms with Crippen molar-refractivity contribution >= 4 is 5.97 Å². The molecule has 0 saturated heterocycles. The van der Waals surface area contributed by atoms with Crippen molar-refractivity contribution in [3.63, 3.8) is 0 Å². The van der Waals surface area contributed by atoms with Gasteiger partial charge in [0, 0.05) is 6.42 Å². The Kier molecular flexibility index (Phi) is 2.80. The molecule has 12 heavy (non-hydrogen) atoms. The molecular weight excluding hydrogens is 159 g/mol. The zero-order chi connectivity index (χ0) is 8.97. The summed E-state index contributed by atoms with van der Waals surface area (Å²) in [6.07, 6.45) is 0.347. The van der Waals surface area contributed by atoms with Crippen molar-refractivity contribution in [3.05, 3.63) is 35.4 Å². The highest BCUT2D eigenvalue weighted by atomic mass is 19.1. The van der Waals surface area contributed by atoms with Crippen LogP contribution in [0.1, 0.15) is 15.9 Å². The minimum absolute atomic E-state index is 0.234. The highest BCUT2D eigenvalue weighted by molar-refractivity contribution is 5.87. The molecule has 1 rings (SSSR count). The number of alkyl halides is 1. The SMILES string of the molecule is O=C(O)c1ccc(CCF)cc1. The largest absolute Gasteiger partial charge is 0.478 e. The molecule has 0 amide bonds. The van der Waals surface area contributed by atoms with Gasteiger partial charge in [-0.25, -0.2) is 4.79 Å². The minimum atomic E-state index is -0.957. The molecule has 1 N–H and O–H groups in total. The molecule has 1 aromatic carbocycles. The van der Waals surface area contributed by atoms with E-state index in [9.17, 15) is 9.18 Å². The number of carboxylic acid groups (broad SMARTS) is 1. The Labute approximate surface area is 69.6 Å². The van der Waals surface area contributed by atoms with Gasteiger partial charge >= 0.3 is 5.97 Å². The lowest BCUT2D eigenvalue weighted by Crippen LogP contribution is -1.96. The van der Waals surface area contributed by atoms with Gasteiger partial charge in [0.1, 0.15) is 0 Å². The molecule has 2 nitrogen and oxygen atoms in total. The Morgan fingerprint density at radius 2 is 1.92 bits per heavy atom. The second-order valence-electron chi connectivity index (χ2n) is 2.44. The molecule has 0 heterocycles. The van der Waals surface area contributed by atoms with Crippen LogP contribution >= 0.6 is 0 Å². The van der Waals surface area contributed by atoms with Crippen LogP contribution in [0, 0.1) is 0 Å². The second kappa shape index (κ2) is 3.85. The van der Waals surface area contributed by atoms with Crippen LogP contribution in [0.2, 0.25) is 0 Å². The Balaban J connectivity index is 2.78. The first-order valence-corrected chi connectivity index (χ1v) is 3.62. The van der Waals surface area contributed by atoms with E-state index in [0.717, 1.165) is 5.56 Å². The van der Waals surface area contributed by atoms with Crippen molar-refractivity contribution in [2.45, 2.75) is 6.42 Å². The van der Waals surface area contributed by atoms with Gasteiger partial charge in [0.25, 0.3) is 0 Å². The van der Waals surface area contributed by atoms with Crippen molar-refractivity contribution < 1.29 is 14.3 Å². The first-order chi connectivity index (χ1) is 5.74. The minimum Gasteiger partial charge on any atom is -0.478 e. The van der Waals surface area contributed by atoms with Gasteiger partial charge in [-0.3, -0.25) is 4.39 Å². The fourth-order valence-corrected chi connectivity index (χ4v) is 0.923. The number of rotatable bonds is 3. The molecule has 0 saturated carbocycles. The fraction of sp³-hybridized carbons (Fsp3) is 0.222. The molecule has 64 valence electrons. The highest BCUT2D eigenvalue weighted by Gasteiger charge is 2.00. The van der Waals surface area contributed by atoms with Crippen molar-refractivity contribution in [1.29, 1.82) is 0 Å². The van der Waals surface area contributed by atoms with Gasteiger partial charge in [-0.1, -0.05) is 12.1 Å². The average molecular weight is 168 g/mol. The van der Waals surface area contributed by atoms with E-state index in [1.807, 2.05) is 0 Å². The maximum Gasteiger partial charge on any atom is 0.335 e. The van der Waals surface area contributed by atoms with Crippen LogP contribution in [0.5, 0.6) is 0 Å². The third kappa shape index (κ3) is 2.05. The number of halogens is 1. The quantitative estimate of drug-likeness (QED) is 0.748. The number of carbonyl (C=O) groups is 1. The molecule has 0 atom stereocenters. The number of aromatic carboxylic acids is 1. The van der Waals surface area contributed by atoms with Gasteiger partial charge in [0.05, 0.1) is 12.2 Å². The zero-order valence-corrected chi connectivity index (χ0v) is 6.46. The van der Waals surface area contributed by atoms with E-state index in [4.69, 9.17) is 5.11 Å². The van der Waals surface area contributed by atoms with E-state index in [1.54, 1.807) is 12.1 Å². The predicted molar refractivity (Wildman–Crippen MR) is 43.1 cm³/mol. The van der Waals surface area contributed by atoms with Crippen molar-refractivity contribution in [2.75, 3.05) is 6.67 Å². The Bertz CT molecular complexity index is 266. The van der Waals surface area contributed by atoms with E-state index in [2.05, 4.69) is 0 Å². The van der Waals surface area contributed by atoms with E-state index in [1.165, 1.54) is 12.1 Å². The van der Waals surface area contributed by atoms with Gasteiger partial charge in [-0.05, 0) is 17.7 Å². The Hall–Kier alpha value is -1.38. The van der Waals surface area contributed by atoms with Crippen LogP contribution in [-0.4, -0.2) is 17.8 Å². The molecule has 0 aliphatic heterocycles. The second-order valence-corrected chi connectivity index (χ2v) is 2.44. The fourth-order valence-electron chi connectivity index (χ4n) is 0.923. The first-order valence-electron chi connectivity index (χ1n) is 3.62. The standard InChI is InChI=1S/C9H9FO2/c10-6-5-7-1-3-8(4-2-7)9(11)12/h1-4H,5-6H2,(H,11,12). The van der Waals surface area contributed by atoms with Crippen LogP contribution < -0.4 is 0 Å². The van der Waals surface area contributed by atoms with Crippen molar-refractivity contribution in [3.8, 4) is 0 Å². The third-order valence-corrected chi connectivity index (χ3v) is 1.58. The summed E-state index contributed by atoms with van der Waals surface area (Å²) in [4.78, 5) is 10.4. The summed E-state index contributed by atoms with van der Waals surface area (Å²) in [6.45, 7) is -0.410. The Morgan fingerprint density at radius 3 is 2.33 bits per heavy atom. The van der Waals surface area contributed by atoms with Crippen molar-refractivity contribution in [1.82, 2.24) is 0 Å². The third-order valence-electron chi connectivity index (χ3n) is 1.58. The summed E-state index contributed by atoms with van der Waals surface area (Å²) in [7, 11) is 0. The molecule has 0 bridgehead atoms. The topological polar surface area (TPSA) is 37.3 Å². The smallest absolute Gasteiger partial charge is 0.335 e. The van der Waals surface area contributed by atoms with Crippen molar-refractivity contribution in [2.24, 2.45) is 0 Å². The van der Waals surface area contributed by atoms with Gasteiger partial charge < -0.3 is 5.11 Å². The first kappa shape index (κ1) is 8.71. The summed E-state index contributed by atoms with van der Waals surface area (Å²) in [5.74, 6) is -0.957. The van der Waals surface area contributed by atoms with Gasteiger partial charge in [0.2, 0.25) is 0 Å². The summed E-state index contributed by atoms with van der Waals surface area (Å²) in [6, 6.07) is 6.22. The molecule has 0 aliphatic rings. The summed E-state index contributed by atoms with van der Waals surface area (Å²) >= 11 is 0. The van der Waals surface area contributed by atoms with Crippen LogP contribution in [0.4, 0.5) is 4.39 Å². The van der Waals surface area contributed by atoms with Gasteiger partial charge in [0.15, 0.2) is 0 Å². The number of aryl methyl sites for hydroxylation is 1. The summed E-state index contributed by atoms with van der Waals surface area (Å²) < 4.78 is 11.8. The Morgan fingerprint density at radius 1 is 1.33 bits per heavy atom. The number of carboxylic acids is 1.